The molecule has 2 aromatic carbocycles. The van der Waals surface area contributed by atoms with E-state index in [1.807, 2.05) is 24.3 Å². The molecule has 0 atom stereocenters. The Labute approximate surface area is 197 Å². The minimum absolute atomic E-state index is 0.142. The Kier molecular flexibility index (Phi) is 7.56. The molecule has 2 aliphatic rings. The summed E-state index contributed by atoms with van der Waals surface area (Å²) in [5.74, 6) is 0. The van der Waals surface area contributed by atoms with Gasteiger partial charge in [-0.05, 0) is 48.2 Å². The molecular weight excluding hydrogens is 440 g/mol. The SMILES string of the molecule is CCC1(COCc2ccc(S(=O)(=O)c3ccc(COCC4(CC)COC4)cc3)cc2)COC1. The predicted molar refractivity (Wildman–Crippen MR) is 125 cm³/mol. The van der Waals surface area contributed by atoms with E-state index in [4.69, 9.17) is 18.9 Å². The molecule has 180 valence electrons. The van der Waals surface area contributed by atoms with E-state index < -0.39 is 9.84 Å². The highest BCUT2D eigenvalue weighted by atomic mass is 32.2. The van der Waals surface area contributed by atoms with Gasteiger partial charge in [0, 0.05) is 10.8 Å². The van der Waals surface area contributed by atoms with Crippen molar-refractivity contribution in [1.29, 1.82) is 0 Å². The molecule has 2 fully saturated rings. The van der Waals surface area contributed by atoms with Gasteiger partial charge in [-0.3, -0.25) is 0 Å². The van der Waals surface area contributed by atoms with Crippen molar-refractivity contribution in [2.75, 3.05) is 39.6 Å². The fourth-order valence-electron chi connectivity index (χ4n) is 4.00. The number of rotatable bonds is 12. The highest BCUT2D eigenvalue weighted by Gasteiger charge is 2.37. The number of ether oxygens (including phenoxy) is 4. The monoisotopic (exact) mass is 474 g/mol. The van der Waals surface area contributed by atoms with Crippen LogP contribution >= 0.6 is 0 Å². The summed E-state index contributed by atoms with van der Waals surface area (Å²) < 4.78 is 48.4. The normalized spacial score (nSPS) is 19.0. The lowest BCUT2D eigenvalue weighted by atomic mass is 9.84. The van der Waals surface area contributed by atoms with Crippen molar-refractivity contribution in [2.24, 2.45) is 10.8 Å². The van der Waals surface area contributed by atoms with Crippen LogP contribution in [0.4, 0.5) is 0 Å². The van der Waals surface area contributed by atoms with Crippen molar-refractivity contribution in [3.63, 3.8) is 0 Å². The summed E-state index contributed by atoms with van der Waals surface area (Å²) in [6, 6.07) is 13.9. The first-order valence-corrected chi connectivity index (χ1v) is 13.1. The van der Waals surface area contributed by atoms with Gasteiger partial charge < -0.3 is 18.9 Å². The van der Waals surface area contributed by atoms with Crippen LogP contribution in [-0.2, 0) is 42.0 Å². The molecule has 2 aliphatic heterocycles. The van der Waals surface area contributed by atoms with Crippen LogP contribution in [0, 0.1) is 10.8 Å². The summed E-state index contributed by atoms with van der Waals surface area (Å²) in [7, 11) is -3.57. The van der Waals surface area contributed by atoms with Crippen molar-refractivity contribution >= 4 is 9.84 Å². The first-order valence-electron chi connectivity index (χ1n) is 11.6. The zero-order valence-corrected chi connectivity index (χ0v) is 20.4. The van der Waals surface area contributed by atoms with E-state index >= 15 is 0 Å². The minimum atomic E-state index is -3.57. The van der Waals surface area contributed by atoms with Crippen LogP contribution in [0.5, 0.6) is 0 Å². The molecule has 33 heavy (non-hydrogen) atoms. The van der Waals surface area contributed by atoms with Crippen LogP contribution in [0.25, 0.3) is 0 Å². The van der Waals surface area contributed by atoms with Crippen LogP contribution in [0.1, 0.15) is 37.8 Å². The predicted octanol–water partition coefficient (Wildman–Crippen LogP) is 4.41. The van der Waals surface area contributed by atoms with Gasteiger partial charge in [0.15, 0.2) is 0 Å². The zero-order chi connectivity index (χ0) is 23.4. The van der Waals surface area contributed by atoms with Gasteiger partial charge in [0.1, 0.15) is 0 Å². The van der Waals surface area contributed by atoms with Crippen LogP contribution in [-0.4, -0.2) is 48.1 Å². The quantitative estimate of drug-likeness (QED) is 0.454. The van der Waals surface area contributed by atoms with Gasteiger partial charge in [0.25, 0.3) is 0 Å². The molecular formula is C26H34O6S. The smallest absolute Gasteiger partial charge is 0.206 e. The Morgan fingerprint density at radius 2 is 1.06 bits per heavy atom. The lowest BCUT2D eigenvalue weighted by Crippen LogP contribution is -2.45. The zero-order valence-electron chi connectivity index (χ0n) is 19.5. The molecule has 0 aromatic heterocycles. The van der Waals surface area contributed by atoms with Crippen molar-refractivity contribution in [3.8, 4) is 0 Å². The van der Waals surface area contributed by atoms with Gasteiger partial charge in [-0.15, -0.1) is 0 Å². The molecule has 0 saturated carbocycles. The standard InChI is InChI=1S/C26H34O6S/c1-3-25(17-31-18-25)15-29-13-21-5-9-23(10-6-21)33(27,28)24-11-7-22(8-12-24)14-30-16-26(4-2)19-32-20-26/h5-12H,3-4,13-20H2,1-2H3. The Balaban J connectivity index is 1.30. The average molecular weight is 475 g/mol. The Bertz CT molecular complexity index is 917. The molecule has 0 radical (unpaired) electrons. The van der Waals surface area contributed by atoms with E-state index in [1.165, 1.54) is 0 Å². The van der Waals surface area contributed by atoms with Crippen LogP contribution in [0.2, 0.25) is 0 Å². The van der Waals surface area contributed by atoms with Crippen LogP contribution in [0.15, 0.2) is 58.3 Å². The third-order valence-electron chi connectivity index (χ3n) is 6.95. The van der Waals surface area contributed by atoms with E-state index in [1.54, 1.807) is 24.3 Å². The number of hydrogen-bond donors (Lipinski definition) is 0. The highest BCUT2D eigenvalue weighted by molar-refractivity contribution is 7.91. The first-order chi connectivity index (χ1) is 15.9. The van der Waals surface area contributed by atoms with Crippen molar-refractivity contribution in [1.82, 2.24) is 0 Å². The molecule has 2 saturated heterocycles. The van der Waals surface area contributed by atoms with Gasteiger partial charge >= 0.3 is 0 Å². The summed E-state index contributed by atoms with van der Waals surface area (Å²) in [6.45, 7) is 9.54. The van der Waals surface area contributed by atoms with Gasteiger partial charge in [0.2, 0.25) is 9.84 Å². The van der Waals surface area contributed by atoms with Crippen LogP contribution in [0.3, 0.4) is 0 Å². The van der Waals surface area contributed by atoms with Gasteiger partial charge in [-0.1, -0.05) is 38.1 Å². The molecule has 6 nitrogen and oxygen atoms in total. The molecule has 2 heterocycles. The molecule has 0 unspecified atom stereocenters. The van der Waals surface area contributed by atoms with Crippen molar-refractivity contribution in [3.05, 3.63) is 59.7 Å². The van der Waals surface area contributed by atoms with Gasteiger partial charge in [-0.25, -0.2) is 8.42 Å². The number of benzene rings is 2. The lowest BCUT2D eigenvalue weighted by molar-refractivity contribution is -0.152. The lowest BCUT2D eigenvalue weighted by Gasteiger charge is -2.40. The van der Waals surface area contributed by atoms with E-state index in [-0.39, 0.29) is 20.6 Å². The summed E-state index contributed by atoms with van der Waals surface area (Å²) in [5, 5.41) is 0. The maximum atomic E-state index is 13.0. The molecule has 0 bridgehead atoms. The summed E-state index contributed by atoms with van der Waals surface area (Å²) in [6.07, 6.45) is 2.06. The van der Waals surface area contributed by atoms with Gasteiger partial charge in [-0.2, -0.15) is 0 Å². The van der Waals surface area contributed by atoms with Crippen molar-refractivity contribution < 1.29 is 27.4 Å². The third kappa shape index (κ3) is 5.49. The third-order valence-corrected chi connectivity index (χ3v) is 8.74. The molecule has 7 heteroatoms. The Morgan fingerprint density at radius 3 is 1.33 bits per heavy atom. The molecule has 0 spiro atoms. The topological polar surface area (TPSA) is 71.1 Å². The molecule has 0 amide bonds. The summed E-state index contributed by atoms with van der Waals surface area (Å²) in [4.78, 5) is 0.560. The van der Waals surface area contributed by atoms with Gasteiger partial charge in [0.05, 0.1) is 62.6 Å². The average Bonchev–Trinajstić information content (AvgIpc) is 2.78. The molecule has 0 aliphatic carbocycles. The first kappa shape index (κ1) is 24.4. The molecule has 4 rings (SSSR count). The fourth-order valence-corrected chi connectivity index (χ4v) is 5.26. The Morgan fingerprint density at radius 1 is 0.697 bits per heavy atom. The summed E-state index contributed by atoms with van der Waals surface area (Å²) >= 11 is 0. The second kappa shape index (κ2) is 10.2. The molecule has 2 aromatic rings. The second-order valence-corrected chi connectivity index (χ2v) is 11.4. The van der Waals surface area contributed by atoms with Crippen LogP contribution < -0.4 is 0 Å². The minimum Gasteiger partial charge on any atom is -0.380 e. The maximum absolute atomic E-state index is 13.0. The summed E-state index contributed by atoms with van der Waals surface area (Å²) in [5.41, 5.74) is 2.19. The number of sulfone groups is 1. The highest BCUT2D eigenvalue weighted by Crippen LogP contribution is 2.32. The van der Waals surface area contributed by atoms with E-state index in [0.29, 0.717) is 26.4 Å². The second-order valence-electron chi connectivity index (χ2n) is 9.47. The number of hydrogen-bond acceptors (Lipinski definition) is 6. The maximum Gasteiger partial charge on any atom is 0.206 e. The largest absolute Gasteiger partial charge is 0.380 e. The van der Waals surface area contributed by atoms with E-state index in [9.17, 15) is 8.42 Å². The fraction of sp³-hybridized carbons (Fsp3) is 0.538. The Hall–Kier alpha value is -1.77. The van der Waals surface area contributed by atoms with E-state index in [0.717, 1.165) is 50.4 Å². The molecule has 0 N–H and O–H groups in total. The van der Waals surface area contributed by atoms with Crippen molar-refractivity contribution in [2.45, 2.75) is 49.7 Å². The van der Waals surface area contributed by atoms with E-state index in [2.05, 4.69) is 13.8 Å².